The lowest BCUT2D eigenvalue weighted by atomic mass is 9.98. The third-order valence-corrected chi connectivity index (χ3v) is 6.59. The number of rotatable bonds is 8. The second-order valence-corrected chi connectivity index (χ2v) is 11.1. The summed E-state index contributed by atoms with van der Waals surface area (Å²) in [6, 6.07) is 8.63. The number of imide groups is 1. The van der Waals surface area contributed by atoms with Gasteiger partial charge in [0.2, 0.25) is 17.7 Å². The predicted molar refractivity (Wildman–Crippen MR) is 132 cm³/mol. The van der Waals surface area contributed by atoms with Crippen molar-refractivity contribution in [1.82, 2.24) is 10.6 Å². The van der Waals surface area contributed by atoms with Gasteiger partial charge < -0.3 is 5.73 Å². The molecule has 4 N–H and O–H groups in total. The summed E-state index contributed by atoms with van der Waals surface area (Å²) in [7, 11) is -3.33. The van der Waals surface area contributed by atoms with Gasteiger partial charge in [-0.2, -0.15) is 13.2 Å². The van der Waals surface area contributed by atoms with Crippen LogP contribution in [0.2, 0.25) is 0 Å². The van der Waals surface area contributed by atoms with Gasteiger partial charge in [-0.15, -0.1) is 0 Å². The summed E-state index contributed by atoms with van der Waals surface area (Å²) < 4.78 is 64.1. The number of sulfone groups is 1. The molecule has 1 saturated heterocycles. The van der Waals surface area contributed by atoms with Crippen molar-refractivity contribution in [1.29, 1.82) is 0 Å². The van der Waals surface area contributed by atoms with Gasteiger partial charge in [-0.3, -0.25) is 25.0 Å². The Hall–Kier alpha value is -3.25. The van der Waals surface area contributed by atoms with Crippen molar-refractivity contribution in [3.05, 3.63) is 54.1 Å². The van der Waals surface area contributed by atoms with Crippen LogP contribution in [-0.2, 0) is 24.2 Å². The second kappa shape index (κ2) is 12.3. The Labute approximate surface area is 213 Å². The van der Waals surface area contributed by atoms with Crippen molar-refractivity contribution in [3.8, 4) is 11.1 Å². The Balaban J connectivity index is 0.000000591. The van der Waals surface area contributed by atoms with Gasteiger partial charge >= 0.3 is 6.18 Å². The van der Waals surface area contributed by atoms with Crippen LogP contribution in [0.25, 0.3) is 11.1 Å². The van der Waals surface area contributed by atoms with Gasteiger partial charge in [0.25, 0.3) is 0 Å². The van der Waals surface area contributed by atoms with E-state index in [9.17, 15) is 36.0 Å². The van der Waals surface area contributed by atoms with Crippen LogP contribution in [0.15, 0.2) is 53.4 Å². The maximum atomic E-state index is 13.7. The third kappa shape index (κ3) is 9.29. The first-order chi connectivity index (χ1) is 17.1. The minimum atomic E-state index is -4.62. The van der Waals surface area contributed by atoms with Gasteiger partial charge in [-0.25, -0.2) is 8.42 Å². The maximum absolute atomic E-state index is 13.7. The lowest BCUT2D eigenvalue weighted by Gasteiger charge is -2.27. The fourth-order valence-electron chi connectivity index (χ4n) is 3.59. The first-order valence-corrected chi connectivity index (χ1v) is 13.3. The first kappa shape index (κ1) is 30.0. The fraction of sp³-hybridized carbons (Fsp3) is 0.400. The number of alkyl halides is 3. The van der Waals surface area contributed by atoms with E-state index < -0.39 is 34.0 Å². The van der Waals surface area contributed by atoms with Crippen molar-refractivity contribution in [2.75, 3.05) is 6.26 Å². The number of carbonyl (C=O) groups excluding carboxylic acids is 3. The van der Waals surface area contributed by atoms with Crippen LogP contribution in [-0.4, -0.2) is 44.6 Å². The molecule has 3 amide bonds. The molecule has 0 saturated carbocycles. The summed E-state index contributed by atoms with van der Waals surface area (Å²) in [4.78, 5) is 32.0. The highest BCUT2D eigenvalue weighted by atomic mass is 32.2. The van der Waals surface area contributed by atoms with E-state index in [0.29, 0.717) is 24.0 Å². The zero-order valence-corrected chi connectivity index (χ0v) is 21.4. The standard InChI is InChI=1S/C21H25F3N2O3S.C4H5NO2/c1-13(2)12-18(20(25)27)26-19(21(22,23)24)16-6-4-14(5-7-16)15-8-10-17(11-9-15)30(3,28)29;6-3-1-2-4(7)5-3/h4-11,13,18-19,26H,12H2,1-3H3,(H2,25,27);1-2H2,(H,5,6,7)/t18-,19-;/m0./s1. The molecule has 2 aromatic carbocycles. The molecule has 0 unspecified atom stereocenters. The molecule has 202 valence electrons. The van der Waals surface area contributed by atoms with Crippen molar-refractivity contribution in [2.45, 2.75) is 56.3 Å². The van der Waals surface area contributed by atoms with E-state index in [0.717, 1.165) is 6.26 Å². The van der Waals surface area contributed by atoms with Gasteiger partial charge in [-0.1, -0.05) is 50.2 Å². The van der Waals surface area contributed by atoms with E-state index in [1.165, 1.54) is 36.4 Å². The van der Waals surface area contributed by atoms with Gasteiger partial charge in [0, 0.05) is 19.1 Å². The van der Waals surface area contributed by atoms with Crippen LogP contribution in [0.5, 0.6) is 0 Å². The summed E-state index contributed by atoms with van der Waals surface area (Å²) in [5.41, 5.74) is 6.54. The van der Waals surface area contributed by atoms with Crippen molar-refractivity contribution >= 4 is 27.6 Å². The minimum absolute atomic E-state index is 0.0128. The molecule has 8 nitrogen and oxygen atoms in total. The first-order valence-electron chi connectivity index (χ1n) is 11.4. The van der Waals surface area contributed by atoms with E-state index in [2.05, 4.69) is 10.6 Å². The van der Waals surface area contributed by atoms with Crippen LogP contribution in [0.1, 0.15) is 44.7 Å². The number of carbonyl (C=O) groups is 3. The Kier molecular flexibility index (Phi) is 9.99. The number of nitrogens with two attached hydrogens (primary N) is 1. The highest BCUT2D eigenvalue weighted by Crippen LogP contribution is 2.34. The Morgan fingerprint density at radius 3 is 1.76 bits per heavy atom. The number of hydrogen-bond acceptors (Lipinski definition) is 6. The molecule has 2 aromatic rings. The van der Waals surface area contributed by atoms with Crippen LogP contribution in [0.4, 0.5) is 13.2 Å². The normalized spacial score (nSPS) is 15.5. The van der Waals surface area contributed by atoms with Crippen molar-refractivity contribution in [2.24, 2.45) is 11.7 Å². The zero-order chi connectivity index (χ0) is 28.0. The highest BCUT2D eigenvalue weighted by Gasteiger charge is 2.42. The second-order valence-electron chi connectivity index (χ2n) is 9.12. The maximum Gasteiger partial charge on any atom is 0.407 e. The average Bonchev–Trinajstić information content (AvgIpc) is 3.18. The van der Waals surface area contributed by atoms with E-state index >= 15 is 0 Å². The lowest BCUT2D eigenvalue weighted by Crippen LogP contribution is -2.47. The van der Waals surface area contributed by atoms with Gasteiger partial charge in [0.1, 0.15) is 6.04 Å². The number of amides is 3. The molecule has 0 aromatic heterocycles. The van der Waals surface area contributed by atoms with E-state index in [1.807, 2.05) is 0 Å². The monoisotopic (exact) mass is 541 g/mol. The summed E-state index contributed by atoms with van der Waals surface area (Å²) in [5, 5.41) is 4.50. The van der Waals surface area contributed by atoms with Crippen LogP contribution in [0.3, 0.4) is 0 Å². The molecule has 12 heteroatoms. The van der Waals surface area contributed by atoms with Gasteiger partial charge in [0.15, 0.2) is 9.84 Å². The molecule has 0 bridgehead atoms. The molecular formula is C25H30F3N3O5S. The van der Waals surface area contributed by atoms with Crippen molar-refractivity contribution < 1.29 is 36.0 Å². The topological polar surface area (TPSA) is 135 Å². The van der Waals surface area contributed by atoms with E-state index in [-0.39, 0.29) is 34.6 Å². The smallest absolute Gasteiger partial charge is 0.368 e. The Morgan fingerprint density at radius 2 is 1.43 bits per heavy atom. The summed E-state index contributed by atoms with van der Waals surface area (Å²) >= 11 is 0. The molecule has 37 heavy (non-hydrogen) atoms. The number of primary amides is 1. The van der Waals surface area contributed by atoms with Crippen LogP contribution < -0.4 is 16.4 Å². The highest BCUT2D eigenvalue weighted by molar-refractivity contribution is 7.90. The fourth-order valence-corrected chi connectivity index (χ4v) is 4.22. The molecule has 0 spiro atoms. The zero-order valence-electron chi connectivity index (χ0n) is 20.6. The molecule has 1 aliphatic rings. The molecule has 0 aliphatic carbocycles. The molecule has 1 fully saturated rings. The van der Waals surface area contributed by atoms with Crippen LogP contribution >= 0.6 is 0 Å². The summed E-state index contributed by atoms with van der Waals surface area (Å²) in [6.07, 6.45) is -2.59. The Morgan fingerprint density at radius 1 is 0.973 bits per heavy atom. The lowest BCUT2D eigenvalue weighted by molar-refractivity contribution is -0.161. The molecular weight excluding hydrogens is 511 g/mol. The average molecular weight is 542 g/mol. The number of nitrogens with one attached hydrogen (secondary N) is 2. The van der Waals surface area contributed by atoms with Gasteiger partial charge in [0.05, 0.1) is 10.9 Å². The number of benzene rings is 2. The summed E-state index contributed by atoms with van der Waals surface area (Å²) in [5.74, 6) is -1.14. The van der Waals surface area contributed by atoms with E-state index in [1.54, 1.807) is 26.0 Å². The SMILES string of the molecule is CC(C)C[C@H](N[C@@H](c1ccc(-c2ccc(S(C)(=O)=O)cc2)cc1)C(F)(F)F)C(N)=O.O=C1CCC(=O)N1. The quantitative estimate of drug-likeness (QED) is 0.439. The van der Waals surface area contributed by atoms with E-state index in [4.69, 9.17) is 5.73 Å². The Bertz CT molecular complexity index is 1200. The molecule has 3 rings (SSSR count). The molecule has 2 atom stereocenters. The minimum Gasteiger partial charge on any atom is -0.368 e. The molecule has 1 heterocycles. The predicted octanol–water partition coefficient (Wildman–Crippen LogP) is 3.27. The van der Waals surface area contributed by atoms with Crippen LogP contribution in [0, 0.1) is 5.92 Å². The number of halogens is 3. The number of hydrogen-bond donors (Lipinski definition) is 3. The summed E-state index contributed by atoms with van der Waals surface area (Å²) in [6.45, 7) is 3.59. The van der Waals surface area contributed by atoms with Crippen molar-refractivity contribution in [3.63, 3.8) is 0 Å². The van der Waals surface area contributed by atoms with Gasteiger partial charge in [-0.05, 0) is 41.2 Å². The largest absolute Gasteiger partial charge is 0.407 e. The molecule has 0 radical (unpaired) electrons. The third-order valence-electron chi connectivity index (χ3n) is 5.46. The molecule has 1 aliphatic heterocycles.